The van der Waals surface area contributed by atoms with E-state index in [0.29, 0.717) is 5.75 Å². The van der Waals surface area contributed by atoms with E-state index < -0.39 is 17.0 Å². The Morgan fingerprint density at radius 1 is 1.20 bits per heavy atom. The number of halogens is 2. The molecule has 1 rings (SSSR count). The molecule has 0 unspecified atom stereocenters. The molecule has 0 heterocycles. The Kier molecular flexibility index (Phi) is 6.94. The molecule has 0 spiro atoms. The van der Waals surface area contributed by atoms with Gasteiger partial charge >= 0.3 is 35.6 Å². The zero-order valence-corrected chi connectivity index (χ0v) is 12.5. The fourth-order valence-corrected chi connectivity index (χ4v) is 1.25. The molecule has 4 heteroatoms. The molecule has 0 aliphatic heterocycles. The van der Waals surface area contributed by atoms with Gasteiger partial charge in [-0.25, -0.2) is 0 Å². The predicted molar refractivity (Wildman–Crippen MR) is 63.2 cm³/mol. The minimum atomic E-state index is -0.556. The van der Waals surface area contributed by atoms with Crippen molar-refractivity contribution in [2.75, 3.05) is 0 Å². The molecule has 0 saturated carbocycles. The number of hydrogen-bond donors (Lipinski definition) is 1. The molecule has 1 N–H and O–H groups in total. The van der Waals surface area contributed by atoms with Crippen LogP contribution in [0.4, 0.5) is 0 Å². The van der Waals surface area contributed by atoms with Crippen molar-refractivity contribution in [1.82, 2.24) is 0 Å². The standard InChI is InChI=1S/C11H16O.2ClH.Ti/c1-8-5-6-10(12)9(7-8)11(2,3)4;;;/h5-7,12H,1-4H3;2*1H;/q;;;+2/p-2. The van der Waals surface area contributed by atoms with Crippen molar-refractivity contribution in [3.05, 3.63) is 29.3 Å². The third kappa shape index (κ3) is 5.82. The van der Waals surface area contributed by atoms with Crippen LogP contribution in [0.1, 0.15) is 31.9 Å². The SMILES string of the molecule is Cc1ccc(O)c(C(C)(C)C)c1.[Cl][Ti][Cl]. The van der Waals surface area contributed by atoms with Gasteiger partial charge in [-0.3, -0.25) is 0 Å². The molecule has 84 valence electrons. The van der Waals surface area contributed by atoms with E-state index in [4.69, 9.17) is 18.6 Å². The van der Waals surface area contributed by atoms with Gasteiger partial charge in [0.25, 0.3) is 0 Å². The van der Waals surface area contributed by atoms with Crippen LogP contribution >= 0.6 is 18.6 Å². The fourth-order valence-electron chi connectivity index (χ4n) is 1.25. The van der Waals surface area contributed by atoms with Crippen LogP contribution in [-0.4, -0.2) is 5.11 Å². The zero-order valence-electron chi connectivity index (χ0n) is 9.44. The number of phenols is 1. The Morgan fingerprint density at radius 3 is 2.00 bits per heavy atom. The summed E-state index contributed by atoms with van der Waals surface area (Å²) in [6.07, 6.45) is 0. The average Bonchev–Trinajstić information content (AvgIpc) is 2.09. The van der Waals surface area contributed by atoms with Gasteiger partial charge in [-0.15, -0.1) is 0 Å². The number of aromatic hydroxyl groups is 1. The molecule has 0 aliphatic carbocycles. The van der Waals surface area contributed by atoms with Crippen molar-refractivity contribution in [3.63, 3.8) is 0 Å². The topological polar surface area (TPSA) is 20.2 Å². The van der Waals surface area contributed by atoms with Crippen molar-refractivity contribution >= 4 is 18.6 Å². The van der Waals surface area contributed by atoms with E-state index >= 15 is 0 Å². The molecule has 0 aromatic heterocycles. The van der Waals surface area contributed by atoms with Crippen LogP contribution in [0.25, 0.3) is 0 Å². The quantitative estimate of drug-likeness (QED) is 0.701. The van der Waals surface area contributed by atoms with Crippen molar-refractivity contribution < 1.29 is 22.1 Å². The summed E-state index contributed by atoms with van der Waals surface area (Å²) < 4.78 is 0. The number of rotatable bonds is 0. The normalized spacial score (nSPS) is 10.3. The summed E-state index contributed by atoms with van der Waals surface area (Å²) >= 11 is -0.556. The van der Waals surface area contributed by atoms with E-state index in [0.717, 1.165) is 5.56 Å². The third-order valence-corrected chi connectivity index (χ3v) is 1.96. The van der Waals surface area contributed by atoms with E-state index in [2.05, 4.69) is 20.8 Å². The first-order valence-corrected chi connectivity index (χ1v) is 8.89. The first kappa shape index (κ1) is 15.3. The molecule has 0 fully saturated rings. The monoisotopic (exact) mass is 282 g/mol. The Bertz CT molecular complexity index is 308. The average molecular weight is 283 g/mol. The molecule has 1 aromatic carbocycles. The zero-order chi connectivity index (χ0) is 12.1. The van der Waals surface area contributed by atoms with Crippen molar-refractivity contribution in [2.24, 2.45) is 0 Å². The summed E-state index contributed by atoms with van der Waals surface area (Å²) in [6, 6.07) is 5.72. The summed E-state index contributed by atoms with van der Waals surface area (Å²) in [7, 11) is 9.78. The second-order valence-corrected chi connectivity index (χ2v) is 6.92. The molecule has 0 aliphatic rings. The van der Waals surface area contributed by atoms with E-state index in [-0.39, 0.29) is 5.41 Å². The molecule has 0 radical (unpaired) electrons. The maximum atomic E-state index is 9.57. The summed E-state index contributed by atoms with van der Waals surface area (Å²) in [5.74, 6) is 0.396. The number of hydrogen-bond acceptors (Lipinski definition) is 1. The van der Waals surface area contributed by atoms with Gasteiger partial charge in [0.15, 0.2) is 0 Å². The van der Waals surface area contributed by atoms with Crippen LogP contribution in [-0.2, 0) is 22.4 Å². The predicted octanol–water partition coefficient (Wildman–Crippen LogP) is 4.37. The first-order valence-electron chi connectivity index (χ1n) is 4.59. The summed E-state index contributed by atoms with van der Waals surface area (Å²) in [4.78, 5) is 0. The molecular formula is C11H16Cl2OTi. The van der Waals surface area contributed by atoms with Gasteiger partial charge in [-0.05, 0) is 24.0 Å². The van der Waals surface area contributed by atoms with Crippen LogP contribution < -0.4 is 0 Å². The second kappa shape index (κ2) is 6.80. The van der Waals surface area contributed by atoms with E-state index in [1.54, 1.807) is 6.07 Å². The van der Waals surface area contributed by atoms with Gasteiger partial charge < -0.3 is 5.11 Å². The van der Waals surface area contributed by atoms with Gasteiger partial charge in [0, 0.05) is 0 Å². The van der Waals surface area contributed by atoms with Gasteiger partial charge in [0.05, 0.1) is 0 Å². The van der Waals surface area contributed by atoms with E-state index in [1.165, 1.54) is 5.56 Å². The molecule has 0 amide bonds. The van der Waals surface area contributed by atoms with Crippen molar-refractivity contribution in [1.29, 1.82) is 0 Å². The summed E-state index contributed by atoms with van der Waals surface area (Å²) in [5.41, 5.74) is 2.23. The number of phenolic OH excluding ortho intramolecular Hbond substituents is 1. The van der Waals surface area contributed by atoms with Crippen molar-refractivity contribution in [3.8, 4) is 5.75 Å². The fraction of sp³-hybridized carbons (Fsp3) is 0.455. The Labute approximate surface area is 108 Å². The Morgan fingerprint density at radius 2 is 1.67 bits per heavy atom. The van der Waals surface area contributed by atoms with Gasteiger partial charge in [-0.2, -0.15) is 0 Å². The van der Waals surface area contributed by atoms with E-state index in [9.17, 15) is 5.11 Å². The van der Waals surface area contributed by atoms with Crippen LogP contribution in [0.2, 0.25) is 0 Å². The molecular weight excluding hydrogens is 267 g/mol. The molecule has 0 bridgehead atoms. The second-order valence-electron chi connectivity index (χ2n) is 4.34. The molecule has 1 aromatic rings. The number of aryl methyl sites for hydroxylation is 1. The Hall–Kier alpha value is 0.314. The molecule has 15 heavy (non-hydrogen) atoms. The van der Waals surface area contributed by atoms with E-state index in [1.807, 2.05) is 19.1 Å². The first-order chi connectivity index (χ1) is 6.82. The summed E-state index contributed by atoms with van der Waals surface area (Å²) in [5, 5.41) is 9.57. The van der Waals surface area contributed by atoms with Gasteiger partial charge in [0.2, 0.25) is 0 Å². The molecule has 0 atom stereocenters. The van der Waals surface area contributed by atoms with Crippen molar-refractivity contribution in [2.45, 2.75) is 33.1 Å². The third-order valence-electron chi connectivity index (χ3n) is 1.96. The van der Waals surface area contributed by atoms with Crippen LogP contribution in [0, 0.1) is 6.92 Å². The Balaban J connectivity index is 0.000000583. The number of benzene rings is 1. The van der Waals surface area contributed by atoms with Crippen LogP contribution in [0.3, 0.4) is 0 Å². The summed E-state index contributed by atoms with van der Waals surface area (Å²) in [6.45, 7) is 8.33. The minimum absolute atomic E-state index is 0.0239. The van der Waals surface area contributed by atoms with Gasteiger partial charge in [-0.1, -0.05) is 38.5 Å². The van der Waals surface area contributed by atoms with Gasteiger partial charge in [0.1, 0.15) is 5.75 Å². The molecule has 1 nitrogen and oxygen atoms in total. The van der Waals surface area contributed by atoms with Crippen LogP contribution in [0.5, 0.6) is 5.75 Å². The van der Waals surface area contributed by atoms with Crippen LogP contribution in [0.15, 0.2) is 18.2 Å². The maximum absolute atomic E-state index is 9.57. The molecule has 0 saturated heterocycles.